The summed E-state index contributed by atoms with van der Waals surface area (Å²) in [5.41, 5.74) is 2.01. The van der Waals surface area contributed by atoms with E-state index in [-0.39, 0.29) is 12.3 Å². The molecule has 3 heterocycles. The second-order valence-electron chi connectivity index (χ2n) is 7.40. The van der Waals surface area contributed by atoms with Crippen molar-refractivity contribution in [2.24, 2.45) is 11.8 Å². The Balaban J connectivity index is 1.30. The highest BCUT2D eigenvalue weighted by Gasteiger charge is 2.44. The van der Waals surface area contributed by atoms with Crippen LogP contribution in [0.4, 0.5) is 0 Å². The molecule has 2 aliphatic heterocycles. The van der Waals surface area contributed by atoms with Crippen molar-refractivity contribution in [3.05, 3.63) is 42.3 Å². The lowest BCUT2D eigenvalue weighted by Crippen LogP contribution is -2.38. The summed E-state index contributed by atoms with van der Waals surface area (Å²) in [4.78, 5) is 7.11. The monoisotopic (exact) mass is 326 g/mol. The molecule has 24 heavy (non-hydrogen) atoms. The van der Waals surface area contributed by atoms with E-state index in [0.29, 0.717) is 5.89 Å². The smallest absolute Gasteiger partial charge is 0.226 e. The number of benzene rings is 1. The highest BCUT2D eigenvalue weighted by molar-refractivity contribution is 5.52. The number of aromatic nitrogens is 1. The third-order valence-electron chi connectivity index (χ3n) is 5.42. The predicted octanol–water partition coefficient (Wildman–Crippen LogP) is 3.98. The molecule has 0 bridgehead atoms. The molecule has 2 aromatic rings. The van der Waals surface area contributed by atoms with Crippen molar-refractivity contribution in [3.63, 3.8) is 0 Å². The minimum Gasteiger partial charge on any atom is -0.444 e. The molecule has 4 nitrogen and oxygen atoms in total. The largest absolute Gasteiger partial charge is 0.444 e. The van der Waals surface area contributed by atoms with Crippen molar-refractivity contribution in [2.45, 2.75) is 45.4 Å². The van der Waals surface area contributed by atoms with Gasteiger partial charge in [-0.1, -0.05) is 32.0 Å². The van der Waals surface area contributed by atoms with Gasteiger partial charge >= 0.3 is 0 Å². The van der Waals surface area contributed by atoms with Crippen LogP contribution in [0.5, 0.6) is 0 Å². The molecular weight excluding hydrogens is 300 g/mol. The van der Waals surface area contributed by atoms with Gasteiger partial charge in [-0.05, 0) is 36.8 Å². The number of ether oxygens (including phenoxy) is 1. The first-order valence-electron chi connectivity index (χ1n) is 9.10. The van der Waals surface area contributed by atoms with Gasteiger partial charge in [0.2, 0.25) is 5.89 Å². The summed E-state index contributed by atoms with van der Waals surface area (Å²) in [5.74, 6) is 2.37. The van der Waals surface area contributed by atoms with Crippen molar-refractivity contribution in [2.75, 3.05) is 13.1 Å². The van der Waals surface area contributed by atoms with Crippen molar-refractivity contribution in [3.8, 4) is 11.5 Å². The first-order chi connectivity index (χ1) is 11.7. The standard InChI is InChI=1S/C20H26N2O2/c1-14(2)15-8-10-22(11-9-15)20-18(24-20)12-17-13-23-19(21-17)16-6-4-3-5-7-16/h3-7,13-15,18,20H,8-12H2,1-2H3. The highest BCUT2D eigenvalue weighted by Crippen LogP contribution is 2.34. The van der Waals surface area contributed by atoms with Crippen LogP contribution in [0.1, 0.15) is 32.4 Å². The van der Waals surface area contributed by atoms with Crippen LogP contribution in [0, 0.1) is 11.8 Å². The summed E-state index contributed by atoms with van der Waals surface area (Å²) < 4.78 is 11.5. The zero-order valence-corrected chi connectivity index (χ0v) is 14.5. The number of piperidine rings is 1. The number of rotatable bonds is 5. The Labute approximate surface area is 143 Å². The van der Waals surface area contributed by atoms with Gasteiger partial charge in [0.15, 0.2) is 0 Å². The Kier molecular flexibility index (Phi) is 4.42. The van der Waals surface area contributed by atoms with Gasteiger partial charge in [-0.2, -0.15) is 0 Å². The molecule has 2 fully saturated rings. The molecule has 0 amide bonds. The van der Waals surface area contributed by atoms with Crippen LogP contribution in [-0.2, 0) is 11.2 Å². The molecule has 0 spiro atoms. The third-order valence-corrected chi connectivity index (χ3v) is 5.42. The van der Waals surface area contributed by atoms with Gasteiger partial charge in [-0.25, -0.2) is 4.98 Å². The molecule has 4 rings (SSSR count). The van der Waals surface area contributed by atoms with E-state index in [2.05, 4.69) is 23.7 Å². The van der Waals surface area contributed by atoms with E-state index in [4.69, 9.17) is 9.15 Å². The second-order valence-corrected chi connectivity index (χ2v) is 7.40. The van der Waals surface area contributed by atoms with Crippen molar-refractivity contribution in [1.29, 1.82) is 0 Å². The zero-order valence-electron chi connectivity index (χ0n) is 14.5. The number of hydrogen-bond acceptors (Lipinski definition) is 4. The van der Waals surface area contributed by atoms with Crippen LogP contribution in [0.15, 0.2) is 41.0 Å². The van der Waals surface area contributed by atoms with Crippen LogP contribution in [-0.4, -0.2) is 35.3 Å². The molecule has 0 radical (unpaired) electrons. The maximum absolute atomic E-state index is 5.92. The Morgan fingerprint density at radius 1 is 1.17 bits per heavy atom. The van der Waals surface area contributed by atoms with Crippen LogP contribution in [0.3, 0.4) is 0 Å². The fourth-order valence-electron chi connectivity index (χ4n) is 3.76. The van der Waals surface area contributed by atoms with E-state index in [0.717, 1.165) is 42.6 Å². The number of oxazole rings is 1. The molecule has 1 aromatic heterocycles. The minimum atomic E-state index is 0.273. The first-order valence-corrected chi connectivity index (χ1v) is 9.10. The zero-order chi connectivity index (χ0) is 16.5. The molecule has 0 aliphatic carbocycles. The van der Waals surface area contributed by atoms with Crippen LogP contribution in [0.2, 0.25) is 0 Å². The molecule has 0 saturated carbocycles. The average molecular weight is 326 g/mol. The Bertz CT molecular complexity index is 659. The summed E-state index contributed by atoms with van der Waals surface area (Å²) in [6.07, 6.45) is 5.76. The van der Waals surface area contributed by atoms with Crippen molar-refractivity contribution in [1.82, 2.24) is 9.88 Å². The molecule has 0 N–H and O–H groups in total. The quantitative estimate of drug-likeness (QED) is 0.780. The van der Waals surface area contributed by atoms with Crippen molar-refractivity contribution < 1.29 is 9.15 Å². The van der Waals surface area contributed by atoms with Gasteiger partial charge in [0, 0.05) is 25.1 Å². The lowest BCUT2D eigenvalue weighted by molar-refractivity contribution is 0.108. The topological polar surface area (TPSA) is 41.8 Å². The molecule has 2 unspecified atom stereocenters. The molecule has 2 atom stereocenters. The third kappa shape index (κ3) is 3.40. The fourth-order valence-corrected chi connectivity index (χ4v) is 3.76. The number of epoxide rings is 1. The summed E-state index contributed by atoms with van der Waals surface area (Å²) in [6, 6.07) is 10.0. The van der Waals surface area contributed by atoms with E-state index in [1.165, 1.54) is 12.8 Å². The van der Waals surface area contributed by atoms with Crippen LogP contribution in [0.25, 0.3) is 11.5 Å². The number of likely N-dealkylation sites (tertiary alicyclic amines) is 1. The fraction of sp³-hybridized carbons (Fsp3) is 0.550. The van der Waals surface area contributed by atoms with Crippen LogP contribution < -0.4 is 0 Å². The maximum atomic E-state index is 5.92. The number of nitrogens with zero attached hydrogens (tertiary/aromatic N) is 2. The molecule has 1 aromatic carbocycles. The van der Waals surface area contributed by atoms with Gasteiger partial charge in [0.1, 0.15) is 18.6 Å². The van der Waals surface area contributed by atoms with Crippen LogP contribution >= 0.6 is 0 Å². The summed E-state index contributed by atoms with van der Waals surface area (Å²) >= 11 is 0. The van der Waals surface area contributed by atoms with Gasteiger partial charge in [0.25, 0.3) is 0 Å². The van der Waals surface area contributed by atoms with Gasteiger partial charge in [0.05, 0.1) is 5.69 Å². The lowest BCUT2D eigenvalue weighted by Gasteiger charge is -2.32. The maximum Gasteiger partial charge on any atom is 0.226 e. The van der Waals surface area contributed by atoms with Gasteiger partial charge in [-0.15, -0.1) is 0 Å². The minimum absolute atomic E-state index is 0.273. The SMILES string of the molecule is CC(C)C1CCN(C2OC2Cc2coc(-c3ccccc3)n2)CC1. The lowest BCUT2D eigenvalue weighted by atomic mass is 9.87. The summed E-state index contributed by atoms with van der Waals surface area (Å²) in [5, 5.41) is 0. The molecule has 4 heteroatoms. The molecule has 2 saturated heterocycles. The molecule has 2 aliphatic rings. The van der Waals surface area contributed by atoms with E-state index >= 15 is 0 Å². The highest BCUT2D eigenvalue weighted by atomic mass is 16.6. The normalized spacial score (nSPS) is 25.3. The Hall–Kier alpha value is -1.65. The Morgan fingerprint density at radius 2 is 1.92 bits per heavy atom. The van der Waals surface area contributed by atoms with E-state index < -0.39 is 0 Å². The van der Waals surface area contributed by atoms with Gasteiger partial charge < -0.3 is 9.15 Å². The summed E-state index contributed by atoms with van der Waals surface area (Å²) in [7, 11) is 0. The predicted molar refractivity (Wildman–Crippen MR) is 93.4 cm³/mol. The molecule has 128 valence electrons. The van der Waals surface area contributed by atoms with Gasteiger partial charge in [-0.3, -0.25) is 4.90 Å². The van der Waals surface area contributed by atoms with E-state index in [1.807, 2.05) is 30.3 Å². The summed E-state index contributed by atoms with van der Waals surface area (Å²) in [6.45, 7) is 7.01. The second kappa shape index (κ2) is 6.69. The average Bonchev–Trinajstić information content (AvgIpc) is 3.21. The number of hydrogen-bond donors (Lipinski definition) is 0. The first kappa shape index (κ1) is 15.9. The van der Waals surface area contributed by atoms with Crippen molar-refractivity contribution >= 4 is 0 Å². The molecular formula is C20H26N2O2. The Morgan fingerprint density at radius 3 is 2.62 bits per heavy atom. The van der Waals surface area contributed by atoms with E-state index in [1.54, 1.807) is 6.26 Å². The van der Waals surface area contributed by atoms with E-state index in [9.17, 15) is 0 Å².